The van der Waals surface area contributed by atoms with E-state index in [9.17, 15) is 8.42 Å². The first kappa shape index (κ1) is 16.9. The molecular weight excluding hydrogens is 308 g/mol. The Balaban J connectivity index is 1.96. The van der Waals surface area contributed by atoms with E-state index in [-0.39, 0.29) is 5.60 Å². The highest BCUT2D eigenvalue weighted by atomic mass is 32.2. The molecule has 1 aliphatic heterocycles. The number of hydrogen-bond donors (Lipinski definition) is 2. The van der Waals surface area contributed by atoms with E-state index in [0.717, 1.165) is 17.7 Å². The van der Waals surface area contributed by atoms with Gasteiger partial charge in [0.25, 0.3) is 0 Å². The fraction of sp³-hybridized carbons (Fsp3) is 0.714. The third kappa shape index (κ3) is 4.75. The van der Waals surface area contributed by atoms with Gasteiger partial charge in [-0.2, -0.15) is 0 Å². The van der Waals surface area contributed by atoms with Gasteiger partial charge in [0.1, 0.15) is 0 Å². The van der Waals surface area contributed by atoms with E-state index in [2.05, 4.69) is 23.9 Å². The molecule has 120 valence electrons. The molecule has 2 rings (SSSR count). The molecule has 7 heteroatoms. The highest BCUT2D eigenvalue weighted by molar-refractivity contribution is 7.89. The van der Waals surface area contributed by atoms with Crippen molar-refractivity contribution >= 4 is 21.4 Å². The van der Waals surface area contributed by atoms with Gasteiger partial charge >= 0.3 is 0 Å². The van der Waals surface area contributed by atoms with Crippen LogP contribution in [0.15, 0.2) is 16.3 Å². The lowest BCUT2D eigenvalue weighted by Gasteiger charge is -2.23. The van der Waals surface area contributed by atoms with Crippen LogP contribution in [-0.2, 0) is 21.3 Å². The molecule has 0 aliphatic carbocycles. The summed E-state index contributed by atoms with van der Waals surface area (Å²) in [6.07, 6.45) is 1.88. The van der Waals surface area contributed by atoms with Crippen LogP contribution < -0.4 is 10.0 Å². The Morgan fingerprint density at radius 1 is 1.48 bits per heavy atom. The van der Waals surface area contributed by atoms with Gasteiger partial charge in [-0.1, -0.05) is 13.8 Å². The summed E-state index contributed by atoms with van der Waals surface area (Å²) in [7, 11) is -3.45. The lowest BCUT2D eigenvalue weighted by molar-refractivity contribution is 0.0250. The standard InChI is InChI=1S/C14H24N2O3S2/c1-11(2)15-8-12-7-13(9-20-12)21(17,18)16-10-14(3)5-4-6-19-14/h7,9,11,15-16H,4-6,8,10H2,1-3H3. The van der Waals surface area contributed by atoms with Crippen molar-refractivity contribution in [3.63, 3.8) is 0 Å². The molecule has 0 bridgehead atoms. The Bertz CT molecular complexity index is 561. The number of ether oxygens (including phenoxy) is 1. The molecule has 1 atom stereocenters. The normalized spacial score (nSPS) is 23.0. The monoisotopic (exact) mass is 332 g/mol. The van der Waals surface area contributed by atoms with E-state index >= 15 is 0 Å². The molecule has 1 aliphatic rings. The van der Waals surface area contributed by atoms with Crippen molar-refractivity contribution in [3.8, 4) is 0 Å². The molecule has 1 aromatic rings. The Morgan fingerprint density at radius 2 is 2.24 bits per heavy atom. The Hall–Kier alpha value is -0.470. The average Bonchev–Trinajstić information content (AvgIpc) is 3.04. The third-order valence-corrected chi connectivity index (χ3v) is 6.03. The largest absolute Gasteiger partial charge is 0.374 e. The first-order chi connectivity index (χ1) is 9.81. The van der Waals surface area contributed by atoms with Gasteiger partial charge in [0.2, 0.25) is 10.0 Å². The van der Waals surface area contributed by atoms with E-state index in [1.165, 1.54) is 11.3 Å². The molecule has 1 fully saturated rings. The van der Waals surface area contributed by atoms with Crippen LogP contribution in [0.2, 0.25) is 0 Å². The molecule has 2 N–H and O–H groups in total. The first-order valence-electron chi connectivity index (χ1n) is 7.25. The molecule has 2 heterocycles. The third-order valence-electron chi connectivity index (χ3n) is 3.56. The first-order valence-corrected chi connectivity index (χ1v) is 9.61. The van der Waals surface area contributed by atoms with Crippen molar-refractivity contribution in [2.45, 2.75) is 56.7 Å². The van der Waals surface area contributed by atoms with E-state index < -0.39 is 10.0 Å². The van der Waals surface area contributed by atoms with Crippen molar-refractivity contribution < 1.29 is 13.2 Å². The summed E-state index contributed by atoms with van der Waals surface area (Å²) in [5.74, 6) is 0. The lowest BCUT2D eigenvalue weighted by atomic mass is 10.0. The van der Waals surface area contributed by atoms with Crippen LogP contribution in [0.5, 0.6) is 0 Å². The van der Waals surface area contributed by atoms with Gasteiger partial charge in [-0.05, 0) is 25.8 Å². The maximum Gasteiger partial charge on any atom is 0.241 e. The van der Waals surface area contributed by atoms with Crippen molar-refractivity contribution in [2.75, 3.05) is 13.2 Å². The van der Waals surface area contributed by atoms with Gasteiger partial charge in [-0.15, -0.1) is 11.3 Å². The van der Waals surface area contributed by atoms with Gasteiger partial charge < -0.3 is 10.1 Å². The van der Waals surface area contributed by atoms with Gasteiger partial charge in [-0.3, -0.25) is 0 Å². The van der Waals surface area contributed by atoms with Crippen molar-refractivity contribution in [1.82, 2.24) is 10.0 Å². The fourth-order valence-corrected chi connectivity index (χ4v) is 4.59. The number of hydrogen-bond acceptors (Lipinski definition) is 5. The molecule has 1 aromatic heterocycles. The maximum atomic E-state index is 12.3. The molecule has 1 unspecified atom stereocenters. The van der Waals surface area contributed by atoms with Crippen molar-refractivity contribution in [2.24, 2.45) is 0 Å². The molecular formula is C14H24N2O3S2. The number of thiophene rings is 1. The summed E-state index contributed by atoms with van der Waals surface area (Å²) in [6.45, 7) is 7.81. The smallest absolute Gasteiger partial charge is 0.241 e. The van der Waals surface area contributed by atoms with E-state index in [1.54, 1.807) is 11.4 Å². The zero-order chi connectivity index (χ0) is 15.5. The maximum absolute atomic E-state index is 12.3. The van der Waals surface area contributed by atoms with Crippen LogP contribution in [0.4, 0.5) is 0 Å². The summed E-state index contributed by atoms with van der Waals surface area (Å²) in [5, 5.41) is 4.98. The second-order valence-electron chi connectivity index (χ2n) is 6.01. The van der Waals surface area contributed by atoms with E-state index in [4.69, 9.17) is 4.74 Å². The number of sulfonamides is 1. The summed E-state index contributed by atoms with van der Waals surface area (Å²) in [6, 6.07) is 2.12. The summed E-state index contributed by atoms with van der Waals surface area (Å²) in [5.41, 5.74) is -0.370. The second-order valence-corrected chi connectivity index (χ2v) is 8.77. The molecule has 21 heavy (non-hydrogen) atoms. The fourth-order valence-electron chi connectivity index (χ4n) is 2.21. The molecule has 0 radical (unpaired) electrons. The molecule has 1 saturated heterocycles. The van der Waals surface area contributed by atoms with Crippen molar-refractivity contribution in [1.29, 1.82) is 0 Å². The van der Waals surface area contributed by atoms with E-state index in [1.807, 2.05) is 6.92 Å². The lowest BCUT2D eigenvalue weighted by Crippen LogP contribution is -2.39. The van der Waals surface area contributed by atoms with Crippen LogP contribution >= 0.6 is 11.3 Å². The summed E-state index contributed by atoms with van der Waals surface area (Å²) < 4.78 is 32.9. The van der Waals surface area contributed by atoms with Crippen molar-refractivity contribution in [3.05, 3.63) is 16.3 Å². The summed E-state index contributed by atoms with van der Waals surface area (Å²) >= 11 is 1.46. The predicted molar refractivity (Wildman–Crippen MR) is 85.1 cm³/mol. The van der Waals surface area contributed by atoms with Crippen LogP contribution in [-0.4, -0.2) is 33.2 Å². The quantitative estimate of drug-likeness (QED) is 0.802. The van der Waals surface area contributed by atoms with Crippen LogP contribution in [0.25, 0.3) is 0 Å². The zero-order valence-corrected chi connectivity index (χ0v) is 14.4. The molecule has 0 saturated carbocycles. The second kappa shape index (κ2) is 6.75. The van der Waals surface area contributed by atoms with Crippen LogP contribution in [0.1, 0.15) is 38.5 Å². The van der Waals surface area contributed by atoms with Gasteiger partial charge in [0.15, 0.2) is 0 Å². The highest BCUT2D eigenvalue weighted by Crippen LogP contribution is 2.25. The van der Waals surface area contributed by atoms with Gasteiger partial charge in [0, 0.05) is 36.0 Å². The predicted octanol–water partition coefficient (Wildman–Crippen LogP) is 2.09. The van der Waals surface area contributed by atoms with Gasteiger partial charge in [0.05, 0.1) is 10.5 Å². The molecule has 0 spiro atoms. The van der Waals surface area contributed by atoms with Gasteiger partial charge in [-0.25, -0.2) is 13.1 Å². The number of nitrogens with one attached hydrogen (secondary N) is 2. The Morgan fingerprint density at radius 3 is 2.86 bits per heavy atom. The van der Waals surface area contributed by atoms with Crippen LogP contribution in [0, 0.1) is 0 Å². The molecule has 0 amide bonds. The Labute approximate surface area is 131 Å². The summed E-state index contributed by atoms with van der Waals surface area (Å²) in [4.78, 5) is 1.36. The minimum atomic E-state index is -3.45. The molecule has 0 aromatic carbocycles. The topological polar surface area (TPSA) is 67.4 Å². The zero-order valence-electron chi connectivity index (χ0n) is 12.8. The molecule has 5 nitrogen and oxygen atoms in total. The van der Waals surface area contributed by atoms with Crippen LogP contribution in [0.3, 0.4) is 0 Å². The minimum absolute atomic E-state index is 0.324. The highest BCUT2D eigenvalue weighted by Gasteiger charge is 2.31. The minimum Gasteiger partial charge on any atom is -0.374 e. The number of rotatable bonds is 7. The SMILES string of the molecule is CC(C)NCc1cc(S(=O)(=O)NCC2(C)CCCO2)cs1. The average molecular weight is 332 g/mol. The Kier molecular flexibility index (Phi) is 5.43. The van der Waals surface area contributed by atoms with E-state index in [0.29, 0.717) is 30.6 Å².